The normalized spacial score (nSPS) is 13.6. The zero-order chi connectivity index (χ0) is 22.3. The van der Waals surface area contributed by atoms with Crippen LogP contribution in [-0.2, 0) is 11.3 Å². The molecule has 0 aliphatic carbocycles. The third-order valence-corrected chi connectivity index (χ3v) is 6.45. The number of fused-ring (bicyclic) bond motifs is 1. The number of aromatic nitrogens is 4. The van der Waals surface area contributed by atoms with E-state index in [0.717, 1.165) is 58.6 Å². The van der Waals surface area contributed by atoms with Gasteiger partial charge in [-0.15, -0.1) is 0 Å². The maximum atomic E-state index is 12.2. The predicted molar refractivity (Wildman–Crippen MR) is 127 cm³/mol. The molecule has 3 aromatic rings. The summed E-state index contributed by atoms with van der Waals surface area (Å²) in [6, 6.07) is 7.67. The number of para-hydroxylation sites is 1. The Labute approximate surface area is 192 Å². The van der Waals surface area contributed by atoms with Gasteiger partial charge < -0.3 is 15.0 Å². The van der Waals surface area contributed by atoms with E-state index in [1.807, 2.05) is 42.1 Å². The Bertz CT molecular complexity index is 1060. The number of carbonyl (C=O) groups is 1. The number of benzene rings is 1. The van der Waals surface area contributed by atoms with Crippen molar-refractivity contribution >= 4 is 34.5 Å². The molecule has 0 bridgehead atoms. The smallest absolute Gasteiger partial charge is 0.258 e. The number of hydrogen-bond donors (Lipinski definition) is 1. The molecule has 1 fully saturated rings. The average molecular weight is 455 g/mol. The molecule has 32 heavy (non-hydrogen) atoms. The van der Waals surface area contributed by atoms with Gasteiger partial charge in [-0.05, 0) is 37.8 Å². The van der Waals surface area contributed by atoms with Gasteiger partial charge in [-0.25, -0.2) is 14.6 Å². The van der Waals surface area contributed by atoms with Crippen LogP contribution in [0.25, 0.3) is 11.0 Å². The molecule has 4 rings (SSSR count). The van der Waals surface area contributed by atoms with Crippen molar-refractivity contribution in [3.63, 3.8) is 0 Å². The Morgan fingerprint density at radius 3 is 2.81 bits per heavy atom. The third-order valence-electron chi connectivity index (χ3n) is 5.39. The average Bonchev–Trinajstić information content (AvgIpc) is 3.47. The molecule has 8 nitrogen and oxygen atoms in total. The molecule has 0 atom stereocenters. The molecule has 1 N–H and O–H groups in total. The lowest BCUT2D eigenvalue weighted by molar-refractivity contribution is -0.123. The fourth-order valence-corrected chi connectivity index (χ4v) is 4.42. The summed E-state index contributed by atoms with van der Waals surface area (Å²) in [5.74, 6) is 2.53. The van der Waals surface area contributed by atoms with E-state index in [4.69, 9.17) is 14.7 Å². The first-order valence-electron chi connectivity index (χ1n) is 11.2. The Morgan fingerprint density at radius 1 is 1.22 bits per heavy atom. The molecule has 1 saturated heterocycles. The number of thioether (sulfide) groups is 1. The molecule has 0 unspecified atom stereocenters. The number of anilines is 1. The largest absolute Gasteiger partial charge is 0.484 e. The minimum absolute atomic E-state index is 0.0101. The molecule has 0 spiro atoms. The van der Waals surface area contributed by atoms with Crippen LogP contribution >= 0.6 is 11.8 Å². The molecular formula is C23H30N6O2S. The van der Waals surface area contributed by atoms with E-state index in [1.54, 1.807) is 11.8 Å². The Morgan fingerprint density at radius 2 is 2.03 bits per heavy atom. The van der Waals surface area contributed by atoms with Gasteiger partial charge in [-0.1, -0.05) is 36.9 Å². The van der Waals surface area contributed by atoms with E-state index in [1.165, 1.54) is 12.8 Å². The van der Waals surface area contributed by atoms with Crippen LogP contribution < -0.4 is 15.0 Å². The van der Waals surface area contributed by atoms with Crippen LogP contribution in [0.5, 0.6) is 5.75 Å². The highest BCUT2D eigenvalue weighted by atomic mass is 32.2. The van der Waals surface area contributed by atoms with Gasteiger partial charge in [0.2, 0.25) is 0 Å². The third kappa shape index (κ3) is 5.32. The van der Waals surface area contributed by atoms with Gasteiger partial charge in [0.25, 0.3) is 5.91 Å². The van der Waals surface area contributed by atoms with Crippen molar-refractivity contribution in [2.24, 2.45) is 0 Å². The highest BCUT2D eigenvalue weighted by Crippen LogP contribution is 2.29. The second kappa shape index (κ2) is 10.7. The van der Waals surface area contributed by atoms with Crippen molar-refractivity contribution in [1.29, 1.82) is 0 Å². The van der Waals surface area contributed by atoms with Gasteiger partial charge in [-0.2, -0.15) is 5.10 Å². The maximum absolute atomic E-state index is 12.2. The fraction of sp³-hybridized carbons (Fsp3) is 0.478. The van der Waals surface area contributed by atoms with Crippen molar-refractivity contribution in [2.75, 3.05) is 36.9 Å². The number of nitrogens with one attached hydrogen (secondary N) is 1. The minimum Gasteiger partial charge on any atom is -0.484 e. The maximum Gasteiger partial charge on any atom is 0.258 e. The monoisotopic (exact) mass is 454 g/mol. The van der Waals surface area contributed by atoms with Crippen molar-refractivity contribution in [1.82, 2.24) is 25.1 Å². The Balaban J connectivity index is 1.40. The van der Waals surface area contributed by atoms with Crippen LogP contribution in [0.1, 0.15) is 31.7 Å². The standard InChI is InChI=1S/C23H30N6O2S/c1-3-14-32-23-26-21(28-11-6-7-12-28)18-15-25-29(22(18)27-23)13-10-24-20(30)16-31-19-9-5-4-8-17(19)2/h4-5,8-9,15H,3,6-7,10-14,16H2,1-2H3,(H,24,30). The molecule has 9 heteroatoms. The Kier molecular flexibility index (Phi) is 7.47. The zero-order valence-corrected chi connectivity index (χ0v) is 19.5. The van der Waals surface area contributed by atoms with Crippen LogP contribution in [0, 0.1) is 6.92 Å². The SMILES string of the molecule is CCCSc1nc(N2CCCC2)c2cnn(CCNC(=O)COc3ccccc3C)c2n1. The summed E-state index contributed by atoms with van der Waals surface area (Å²) in [6.45, 7) is 7.13. The number of carbonyl (C=O) groups excluding carboxylic acids is 1. The molecule has 0 saturated carbocycles. The lowest BCUT2D eigenvalue weighted by atomic mass is 10.2. The Hall–Kier alpha value is -2.81. The molecule has 170 valence electrons. The molecule has 0 radical (unpaired) electrons. The van der Waals surface area contributed by atoms with Gasteiger partial charge in [0, 0.05) is 25.4 Å². The predicted octanol–water partition coefficient (Wildman–Crippen LogP) is 3.43. The number of rotatable bonds is 10. The quantitative estimate of drug-likeness (QED) is 0.371. The topological polar surface area (TPSA) is 85.2 Å². The summed E-state index contributed by atoms with van der Waals surface area (Å²) in [5.41, 5.74) is 1.83. The van der Waals surface area contributed by atoms with Gasteiger partial charge in [0.1, 0.15) is 11.6 Å². The first-order chi connectivity index (χ1) is 15.7. The van der Waals surface area contributed by atoms with Crippen LogP contribution in [0.4, 0.5) is 5.82 Å². The summed E-state index contributed by atoms with van der Waals surface area (Å²) in [6.07, 6.45) is 5.29. The summed E-state index contributed by atoms with van der Waals surface area (Å²) >= 11 is 1.68. The molecule has 1 amide bonds. The van der Waals surface area contributed by atoms with Crippen molar-refractivity contribution in [2.45, 2.75) is 44.8 Å². The van der Waals surface area contributed by atoms with Crippen molar-refractivity contribution in [3.05, 3.63) is 36.0 Å². The molecule has 1 aromatic carbocycles. The van der Waals surface area contributed by atoms with Crippen molar-refractivity contribution in [3.8, 4) is 5.75 Å². The molecule has 3 heterocycles. The summed E-state index contributed by atoms with van der Waals surface area (Å²) in [4.78, 5) is 24.2. The van der Waals surface area contributed by atoms with Crippen LogP contribution in [0.2, 0.25) is 0 Å². The number of amides is 1. The summed E-state index contributed by atoms with van der Waals surface area (Å²) < 4.78 is 7.48. The molecule has 1 aliphatic rings. The second-order valence-corrected chi connectivity index (χ2v) is 8.94. The van der Waals surface area contributed by atoms with E-state index < -0.39 is 0 Å². The molecule has 1 aliphatic heterocycles. The highest BCUT2D eigenvalue weighted by molar-refractivity contribution is 7.99. The van der Waals surface area contributed by atoms with E-state index in [2.05, 4.69) is 22.2 Å². The summed E-state index contributed by atoms with van der Waals surface area (Å²) in [7, 11) is 0. The minimum atomic E-state index is -0.156. The van der Waals surface area contributed by atoms with Gasteiger partial charge in [-0.3, -0.25) is 4.79 Å². The first-order valence-corrected chi connectivity index (χ1v) is 12.2. The van der Waals surface area contributed by atoms with E-state index in [0.29, 0.717) is 13.1 Å². The van der Waals surface area contributed by atoms with E-state index >= 15 is 0 Å². The number of aryl methyl sites for hydroxylation is 1. The number of hydrogen-bond acceptors (Lipinski definition) is 7. The lowest BCUT2D eigenvalue weighted by Crippen LogP contribution is -2.31. The summed E-state index contributed by atoms with van der Waals surface area (Å²) in [5, 5.41) is 9.22. The van der Waals surface area contributed by atoms with Gasteiger partial charge >= 0.3 is 0 Å². The van der Waals surface area contributed by atoms with E-state index in [-0.39, 0.29) is 12.5 Å². The van der Waals surface area contributed by atoms with Crippen molar-refractivity contribution < 1.29 is 9.53 Å². The highest BCUT2D eigenvalue weighted by Gasteiger charge is 2.20. The number of ether oxygens (including phenoxy) is 1. The van der Waals surface area contributed by atoms with Gasteiger partial charge in [0.15, 0.2) is 17.4 Å². The lowest BCUT2D eigenvalue weighted by Gasteiger charge is -2.18. The molecule has 2 aromatic heterocycles. The first kappa shape index (κ1) is 22.4. The van der Waals surface area contributed by atoms with Crippen LogP contribution in [0.15, 0.2) is 35.6 Å². The molecular weight excluding hydrogens is 424 g/mol. The van der Waals surface area contributed by atoms with Gasteiger partial charge in [0.05, 0.1) is 18.1 Å². The van der Waals surface area contributed by atoms with Crippen LogP contribution in [-0.4, -0.2) is 57.6 Å². The fourth-order valence-electron chi connectivity index (χ4n) is 3.73. The van der Waals surface area contributed by atoms with Crippen LogP contribution in [0.3, 0.4) is 0 Å². The second-order valence-electron chi connectivity index (χ2n) is 7.88. The van der Waals surface area contributed by atoms with E-state index in [9.17, 15) is 4.79 Å². The zero-order valence-electron chi connectivity index (χ0n) is 18.7. The number of nitrogens with zero attached hydrogens (tertiary/aromatic N) is 5.